The maximum absolute atomic E-state index is 13.1. The first-order valence-corrected chi connectivity index (χ1v) is 8.41. The van der Waals surface area contributed by atoms with Crippen LogP contribution in [-0.4, -0.2) is 10.2 Å². The predicted octanol–water partition coefficient (Wildman–Crippen LogP) is 5.89. The first-order valence-electron chi connectivity index (χ1n) is 7.61. The van der Waals surface area contributed by atoms with Crippen LogP contribution in [0.4, 0.5) is 19.0 Å². The van der Waals surface area contributed by atoms with Gasteiger partial charge in [0.15, 0.2) is 5.82 Å². The summed E-state index contributed by atoms with van der Waals surface area (Å²) >= 11 is 3.42. The number of benzene rings is 2. The van der Waals surface area contributed by atoms with E-state index in [1.54, 1.807) is 19.2 Å². The standard InChI is InChI=1S/C18H15BrF3N3/c1-10-14(4-3-5-16(10)18(20,21)22)11(2)24-17-15-8-13(19)7-6-12(15)9-23-25-17/h3-9,11H,1-2H3,(H,24,25). The molecule has 7 heteroatoms. The Labute approximate surface area is 151 Å². The summed E-state index contributed by atoms with van der Waals surface area (Å²) in [5.41, 5.74) is 0.165. The Kier molecular flexibility index (Phi) is 4.69. The molecule has 1 atom stereocenters. The molecule has 0 radical (unpaired) electrons. The molecule has 3 nitrogen and oxygen atoms in total. The van der Waals surface area contributed by atoms with Crippen LogP contribution >= 0.6 is 15.9 Å². The minimum atomic E-state index is -4.37. The summed E-state index contributed by atoms with van der Waals surface area (Å²) in [4.78, 5) is 0. The summed E-state index contributed by atoms with van der Waals surface area (Å²) in [6.07, 6.45) is -2.73. The molecule has 0 aliphatic rings. The fourth-order valence-corrected chi connectivity index (χ4v) is 3.23. The first kappa shape index (κ1) is 17.7. The molecule has 0 spiro atoms. The monoisotopic (exact) mass is 409 g/mol. The van der Waals surface area contributed by atoms with E-state index in [2.05, 4.69) is 31.4 Å². The molecule has 25 heavy (non-hydrogen) atoms. The van der Waals surface area contributed by atoms with E-state index in [9.17, 15) is 13.2 Å². The Balaban J connectivity index is 1.99. The SMILES string of the molecule is Cc1c(C(C)Nc2nncc3ccc(Br)cc23)cccc1C(F)(F)F. The molecule has 0 saturated heterocycles. The molecule has 0 fully saturated rings. The summed E-state index contributed by atoms with van der Waals surface area (Å²) in [6, 6.07) is 9.55. The molecule has 3 rings (SSSR count). The van der Waals surface area contributed by atoms with E-state index >= 15 is 0 Å². The summed E-state index contributed by atoms with van der Waals surface area (Å²) in [5, 5.41) is 13.0. The number of halogens is 4. The van der Waals surface area contributed by atoms with Crippen molar-refractivity contribution in [1.29, 1.82) is 0 Å². The third kappa shape index (κ3) is 3.61. The van der Waals surface area contributed by atoms with Crippen LogP contribution in [0.15, 0.2) is 47.1 Å². The number of rotatable bonds is 3. The summed E-state index contributed by atoms with van der Waals surface area (Å²) in [6.45, 7) is 3.29. The predicted molar refractivity (Wildman–Crippen MR) is 95.5 cm³/mol. The van der Waals surface area contributed by atoms with Crippen molar-refractivity contribution < 1.29 is 13.2 Å². The van der Waals surface area contributed by atoms with E-state index in [0.29, 0.717) is 11.4 Å². The lowest BCUT2D eigenvalue weighted by atomic mass is 9.97. The molecule has 130 valence electrons. The number of alkyl halides is 3. The van der Waals surface area contributed by atoms with Gasteiger partial charge in [-0.2, -0.15) is 18.3 Å². The molecule has 1 unspecified atom stereocenters. The van der Waals surface area contributed by atoms with Crippen LogP contribution < -0.4 is 5.32 Å². The van der Waals surface area contributed by atoms with Crippen molar-refractivity contribution >= 4 is 32.5 Å². The van der Waals surface area contributed by atoms with E-state index in [4.69, 9.17) is 0 Å². The van der Waals surface area contributed by atoms with Gasteiger partial charge < -0.3 is 5.32 Å². The highest BCUT2D eigenvalue weighted by Crippen LogP contribution is 2.35. The Hall–Kier alpha value is -2.15. The molecule has 0 saturated carbocycles. The van der Waals surface area contributed by atoms with Crippen LogP contribution in [0.25, 0.3) is 10.8 Å². The highest BCUT2D eigenvalue weighted by molar-refractivity contribution is 9.10. The normalized spacial score (nSPS) is 13.0. The number of nitrogens with one attached hydrogen (secondary N) is 1. The van der Waals surface area contributed by atoms with Crippen molar-refractivity contribution in [3.05, 3.63) is 63.8 Å². The first-order chi connectivity index (χ1) is 11.8. The van der Waals surface area contributed by atoms with Gasteiger partial charge in [-0.3, -0.25) is 0 Å². The quantitative estimate of drug-likeness (QED) is 0.585. The highest BCUT2D eigenvalue weighted by Gasteiger charge is 2.33. The smallest absolute Gasteiger partial charge is 0.362 e. The van der Waals surface area contributed by atoms with Crippen LogP contribution in [0, 0.1) is 6.92 Å². The van der Waals surface area contributed by atoms with Gasteiger partial charge in [-0.25, -0.2) is 0 Å². The van der Waals surface area contributed by atoms with Crippen LogP contribution in [0.2, 0.25) is 0 Å². The number of hydrogen-bond donors (Lipinski definition) is 1. The van der Waals surface area contributed by atoms with E-state index in [-0.39, 0.29) is 11.6 Å². The average Bonchev–Trinajstić information content (AvgIpc) is 2.54. The van der Waals surface area contributed by atoms with Gasteiger partial charge in [0.1, 0.15) is 0 Å². The van der Waals surface area contributed by atoms with Gasteiger partial charge in [0.2, 0.25) is 0 Å². The maximum atomic E-state index is 13.1. The topological polar surface area (TPSA) is 37.8 Å². The lowest BCUT2D eigenvalue weighted by Gasteiger charge is -2.20. The van der Waals surface area contributed by atoms with Gasteiger partial charge in [-0.1, -0.05) is 34.1 Å². The van der Waals surface area contributed by atoms with Gasteiger partial charge in [0.25, 0.3) is 0 Å². The van der Waals surface area contributed by atoms with Crippen LogP contribution in [0.3, 0.4) is 0 Å². The third-order valence-electron chi connectivity index (χ3n) is 4.13. The van der Waals surface area contributed by atoms with Gasteiger partial charge >= 0.3 is 6.18 Å². The number of aromatic nitrogens is 2. The lowest BCUT2D eigenvalue weighted by molar-refractivity contribution is -0.138. The number of hydrogen-bond acceptors (Lipinski definition) is 3. The number of fused-ring (bicyclic) bond motifs is 1. The van der Waals surface area contributed by atoms with Gasteiger partial charge in [0.05, 0.1) is 17.8 Å². The van der Waals surface area contributed by atoms with Gasteiger partial charge in [0, 0.05) is 15.2 Å². The van der Waals surface area contributed by atoms with E-state index in [1.165, 1.54) is 13.0 Å². The average molecular weight is 410 g/mol. The van der Waals surface area contributed by atoms with Crippen molar-refractivity contribution in [3.8, 4) is 0 Å². The molecule has 0 bridgehead atoms. The van der Waals surface area contributed by atoms with E-state index < -0.39 is 11.7 Å². The van der Waals surface area contributed by atoms with Crippen molar-refractivity contribution in [2.45, 2.75) is 26.1 Å². The zero-order valence-corrected chi connectivity index (χ0v) is 15.1. The van der Waals surface area contributed by atoms with Crippen molar-refractivity contribution in [1.82, 2.24) is 10.2 Å². The van der Waals surface area contributed by atoms with E-state index in [1.807, 2.05) is 18.2 Å². The Morgan fingerprint density at radius 1 is 1.16 bits per heavy atom. The second kappa shape index (κ2) is 6.63. The molecule has 1 aromatic heterocycles. The third-order valence-corrected chi connectivity index (χ3v) is 4.62. The molecule has 0 aliphatic heterocycles. The zero-order valence-electron chi connectivity index (χ0n) is 13.5. The second-order valence-corrected chi connectivity index (χ2v) is 6.72. The molecule has 1 N–H and O–H groups in total. The Morgan fingerprint density at radius 3 is 2.64 bits per heavy atom. The summed E-state index contributed by atoms with van der Waals surface area (Å²) in [7, 11) is 0. The highest BCUT2D eigenvalue weighted by atomic mass is 79.9. The fraction of sp³-hybridized carbons (Fsp3) is 0.222. The molecule has 3 aromatic rings. The number of anilines is 1. The fourth-order valence-electron chi connectivity index (χ4n) is 2.87. The number of nitrogens with zero attached hydrogens (tertiary/aromatic N) is 2. The zero-order chi connectivity index (χ0) is 18.2. The molecule has 0 aliphatic carbocycles. The minimum Gasteiger partial charge on any atom is -0.362 e. The largest absolute Gasteiger partial charge is 0.416 e. The minimum absolute atomic E-state index is 0.212. The molecule has 2 aromatic carbocycles. The molecular formula is C18H15BrF3N3. The van der Waals surface area contributed by atoms with E-state index in [0.717, 1.165) is 21.3 Å². The maximum Gasteiger partial charge on any atom is 0.416 e. The summed E-state index contributed by atoms with van der Waals surface area (Å²) in [5.74, 6) is 0.531. The molecule has 0 amide bonds. The van der Waals surface area contributed by atoms with Gasteiger partial charge in [-0.15, -0.1) is 5.10 Å². The lowest BCUT2D eigenvalue weighted by Crippen LogP contribution is -2.14. The van der Waals surface area contributed by atoms with Crippen molar-refractivity contribution in [2.24, 2.45) is 0 Å². The van der Waals surface area contributed by atoms with Crippen LogP contribution in [-0.2, 0) is 6.18 Å². The Bertz CT molecular complexity index is 925. The second-order valence-electron chi connectivity index (χ2n) is 5.81. The van der Waals surface area contributed by atoms with Crippen LogP contribution in [0.1, 0.15) is 29.7 Å². The van der Waals surface area contributed by atoms with Crippen molar-refractivity contribution in [3.63, 3.8) is 0 Å². The summed E-state index contributed by atoms with van der Waals surface area (Å²) < 4.78 is 40.3. The van der Waals surface area contributed by atoms with Crippen LogP contribution in [0.5, 0.6) is 0 Å². The van der Waals surface area contributed by atoms with Crippen molar-refractivity contribution in [2.75, 3.05) is 5.32 Å². The van der Waals surface area contributed by atoms with Gasteiger partial charge in [-0.05, 0) is 43.2 Å². The Morgan fingerprint density at radius 2 is 1.92 bits per heavy atom. The molecular weight excluding hydrogens is 395 g/mol. The molecule has 1 heterocycles.